The Morgan fingerprint density at radius 3 is 2.50 bits per heavy atom. The van der Waals surface area contributed by atoms with Crippen LogP contribution in [-0.2, 0) is 21.3 Å². The Morgan fingerprint density at radius 2 is 1.75 bits per heavy atom. The molecule has 2 amide bonds. The van der Waals surface area contributed by atoms with Gasteiger partial charge in [0.25, 0.3) is 11.8 Å². The van der Waals surface area contributed by atoms with Crippen LogP contribution in [0.5, 0.6) is 0 Å². The van der Waals surface area contributed by atoms with Crippen molar-refractivity contribution in [3.05, 3.63) is 88.4 Å². The van der Waals surface area contributed by atoms with Crippen LogP contribution in [0.25, 0.3) is 10.2 Å². The quantitative estimate of drug-likeness (QED) is 0.373. The molecule has 1 saturated heterocycles. The van der Waals surface area contributed by atoms with Crippen molar-refractivity contribution in [3.63, 3.8) is 0 Å². The zero-order valence-corrected chi connectivity index (χ0v) is 21.5. The highest BCUT2D eigenvalue weighted by molar-refractivity contribution is 7.86. The van der Waals surface area contributed by atoms with E-state index < -0.39 is 10.8 Å². The van der Waals surface area contributed by atoms with Crippen LogP contribution in [0.1, 0.15) is 26.3 Å². The fourth-order valence-corrected chi connectivity index (χ4v) is 6.37. The van der Waals surface area contributed by atoms with Gasteiger partial charge in [-0.3, -0.25) is 13.8 Å². The van der Waals surface area contributed by atoms with Crippen molar-refractivity contribution >= 4 is 61.5 Å². The highest BCUT2D eigenvalue weighted by atomic mass is 35.5. The number of anilines is 1. The first kappa shape index (κ1) is 24.6. The average Bonchev–Trinajstić information content (AvgIpc) is 3.34. The van der Waals surface area contributed by atoms with Gasteiger partial charge in [-0.2, -0.15) is 0 Å². The molecule has 1 atom stereocenters. The number of rotatable bonds is 6. The topological polar surface area (TPSA) is 88.6 Å². The molecule has 0 radical (unpaired) electrons. The number of hydrogen-bond donors (Lipinski definition) is 1. The zero-order chi connectivity index (χ0) is 25.1. The number of amides is 2. The van der Waals surface area contributed by atoms with Gasteiger partial charge in [-0.1, -0.05) is 35.9 Å². The Hall–Kier alpha value is -3.11. The lowest BCUT2D eigenvalue weighted by molar-refractivity contribution is 0.0302. The molecule has 36 heavy (non-hydrogen) atoms. The van der Waals surface area contributed by atoms with E-state index in [9.17, 15) is 13.8 Å². The highest BCUT2D eigenvalue weighted by Gasteiger charge is 2.23. The Bertz CT molecular complexity index is 1450. The molecule has 0 spiro atoms. The molecule has 1 aromatic heterocycles. The van der Waals surface area contributed by atoms with Crippen molar-refractivity contribution in [2.24, 2.45) is 0 Å². The molecule has 1 N–H and O–H groups in total. The molecule has 1 fully saturated rings. The number of carbonyl (C=O) groups excluding carboxylic acids is 2. The minimum atomic E-state index is -1.31. The third-order valence-corrected chi connectivity index (χ3v) is 8.68. The molecule has 0 bridgehead atoms. The number of ether oxygens (including phenoxy) is 1. The van der Waals surface area contributed by atoms with Crippen LogP contribution in [0.2, 0.25) is 5.02 Å². The maximum absolute atomic E-state index is 13.1. The number of hydrogen-bond acceptors (Lipinski definition) is 6. The van der Waals surface area contributed by atoms with Gasteiger partial charge in [0.1, 0.15) is 0 Å². The second kappa shape index (κ2) is 10.9. The van der Waals surface area contributed by atoms with Gasteiger partial charge in [-0.05, 0) is 48.0 Å². The Balaban J connectivity index is 1.32. The van der Waals surface area contributed by atoms with Gasteiger partial charge in [0, 0.05) is 23.8 Å². The van der Waals surface area contributed by atoms with E-state index in [4.69, 9.17) is 16.3 Å². The molecule has 0 saturated carbocycles. The van der Waals surface area contributed by atoms with Gasteiger partial charge < -0.3 is 15.0 Å². The van der Waals surface area contributed by atoms with Crippen LogP contribution in [0, 0.1) is 0 Å². The number of aromatic nitrogens is 1. The van der Waals surface area contributed by atoms with Crippen LogP contribution >= 0.6 is 22.9 Å². The molecule has 1 unspecified atom stereocenters. The van der Waals surface area contributed by atoms with Gasteiger partial charge in [-0.25, -0.2) is 4.98 Å². The maximum atomic E-state index is 13.1. The Morgan fingerprint density at radius 1 is 1.03 bits per heavy atom. The molecule has 4 aromatic rings. The number of thiazole rings is 1. The summed E-state index contributed by atoms with van der Waals surface area (Å²) in [5, 5.41) is 3.52. The van der Waals surface area contributed by atoms with Crippen LogP contribution in [0.15, 0.2) is 71.1 Å². The smallest absolute Gasteiger partial charge is 0.256 e. The molecule has 1 aliphatic heterocycles. The van der Waals surface area contributed by atoms with Crippen LogP contribution < -0.4 is 5.32 Å². The summed E-state index contributed by atoms with van der Waals surface area (Å²) in [4.78, 5) is 32.3. The third kappa shape index (κ3) is 5.49. The lowest BCUT2D eigenvalue weighted by Gasteiger charge is -2.27. The lowest BCUT2D eigenvalue weighted by atomic mass is 10.0. The van der Waals surface area contributed by atoms with Gasteiger partial charge >= 0.3 is 0 Å². The second-order valence-electron chi connectivity index (χ2n) is 8.18. The molecule has 0 aliphatic carbocycles. The molecule has 1 aliphatic rings. The van der Waals surface area contributed by atoms with Gasteiger partial charge in [-0.15, -0.1) is 11.3 Å². The monoisotopic (exact) mass is 539 g/mol. The zero-order valence-electron chi connectivity index (χ0n) is 19.1. The van der Waals surface area contributed by atoms with Crippen molar-refractivity contribution in [3.8, 4) is 0 Å². The van der Waals surface area contributed by atoms with Crippen LogP contribution in [0.3, 0.4) is 0 Å². The number of fused-ring (bicyclic) bond motifs is 1. The Labute approximate surface area is 219 Å². The first-order chi connectivity index (χ1) is 17.5. The summed E-state index contributed by atoms with van der Waals surface area (Å²) in [6.45, 7) is 1.97. The molecule has 3 aromatic carbocycles. The van der Waals surface area contributed by atoms with Crippen molar-refractivity contribution in [1.29, 1.82) is 0 Å². The fourth-order valence-electron chi connectivity index (χ4n) is 3.88. The minimum absolute atomic E-state index is 0.185. The number of nitrogens with zero attached hydrogens (tertiary/aromatic N) is 2. The maximum Gasteiger partial charge on any atom is 0.256 e. The lowest BCUT2D eigenvalue weighted by Crippen LogP contribution is -2.41. The van der Waals surface area contributed by atoms with Crippen molar-refractivity contribution in [1.82, 2.24) is 9.88 Å². The SMILES string of the molecule is O=C(Nc1ccc2nc(S(=O)Cc3ccc(Cl)cc3)sc2c1)c1ccccc1C(=O)N1CCOCC1. The molecule has 7 nitrogen and oxygen atoms in total. The molecule has 10 heteroatoms. The summed E-state index contributed by atoms with van der Waals surface area (Å²) >= 11 is 7.26. The van der Waals surface area contributed by atoms with Crippen molar-refractivity contribution in [2.75, 3.05) is 31.6 Å². The second-order valence-corrected chi connectivity index (χ2v) is 11.3. The summed E-state index contributed by atoms with van der Waals surface area (Å²) < 4.78 is 19.5. The number of carbonyl (C=O) groups is 2. The predicted octanol–water partition coefficient (Wildman–Crippen LogP) is 4.98. The summed E-state index contributed by atoms with van der Waals surface area (Å²) in [5.74, 6) is -0.216. The fraction of sp³-hybridized carbons (Fsp3) is 0.192. The van der Waals surface area contributed by atoms with Crippen molar-refractivity contribution in [2.45, 2.75) is 10.1 Å². The minimum Gasteiger partial charge on any atom is -0.378 e. The van der Waals surface area contributed by atoms with E-state index in [0.29, 0.717) is 63.7 Å². The van der Waals surface area contributed by atoms with E-state index in [1.165, 1.54) is 11.3 Å². The molecule has 5 rings (SSSR count). The van der Waals surface area contributed by atoms with Crippen LogP contribution in [0.4, 0.5) is 5.69 Å². The number of nitrogens with one attached hydrogen (secondary N) is 1. The first-order valence-electron chi connectivity index (χ1n) is 11.3. The van der Waals surface area contributed by atoms with E-state index in [2.05, 4.69) is 10.3 Å². The summed E-state index contributed by atoms with van der Waals surface area (Å²) in [7, 11) is -1.31. The molecular formula is C26H22ClN3O4S2. The summed E-state index contributed by atoms with van der Waals surface area (Å²) in [5.41, 5.74) is 2.86. The van der Waals surface area contributed by atoms with E-state index >= 15 is 0 Å². The molecule has 184 valence electrons. The molecular weight excluding hydrogens is 518 g/mol. The average molecular weight is 540 g/mol. The first-order valence-corrected chi connectivity index (χ1v) is 13.8. The van der Waals surface area contributed by atoms with E-state index in [1.807, 2.05) is 12.1 Å². The number of morpholine rings is 1. The Kier molecular flexibility index (Phi) is 7.43. The predicted molar refractivity (Wildman–Crippen MR) is 142 cm³/mol. The number of benzene rings is 3. The summed E-state index contributed by atoms with van der Waals surface area (Å²) in [6.07, 6.45) is 0. The van der Waals surface area contributed by atoms with Crippen LogP contribution in [-0.4, -0.2) is 52.2 Å². The third-order valence-electron chi connectivity index (χ3n) is 5.73. The van der Waals surface area contributed by atoms with E-state index in [-0.39, 0.29) is 11.8 Å². The van der Waals surface area contributed by atoms with Gasteiger partial charge in [0.05, 0.1) is 51.1 Å². The standard InChI is InChI=1S/C26H22ClN3O4S2/c27-18-7-5-17(6-8-18)16-36(33)26-29-22-10-9-19(15-23(22)35-26)28-24(31)20-3-1-2-4-21(20)25(32)30-11-13-34-14-12-30/h1-10,15H,11-14,16H2,(H,28,31). The summed E-state index contributed by atoms with van der Waals surface area (Å²) in [6, 6.07) is 19.4. The van der Waals surface area contributed by atoms with E-state index in [0.717, 1.165) is 10.3 Å². The van der Waals surface area contributed by atoms with Gasteiger partial charge in [0.2, 0.25) is 0 Å². The van der Waals surface area contributed by atoms with Gasteiger partial charge in [0.15, 0.2) is 4.34 Å². The van der Waals surface area contributed by atoms with E-state index in [1.54, 1.807) is 59.5 Å². The highest BCUT2D eigenvalue weighted by Crippen LogP contribution is 2.29. The normalized spacial score (nSPS) is 14.5. The number of halogens is 1. The van der Waals surface area contributed by atoms with Crippen molar-refractivity contribution < 1.29 is 18.5 Å². The molecule has 2 heterocycles. The largest absolute Gasteiger partial charge is 0.378 e.